The van der Waals surface area contributed by atoms with Crippen molar-refractivity contribution in [1.82, 2.24) is 20.2 Å². The number of hydrogen-bond donors (Lipinski definition) is 1. The lowest BCUT2D eigenvalue weighted by atomic mass is 9.95. The van der Waals surface area contributed by atoms with Gasteiger partial charge < -0.3 is 15.2 Å². The second kappa shape index (κ2) is 8.06. The molecule has 0 bridgehead atoms. The molecule has 0 amide bonds. The van der Waals surface area contributed by atoms with Crippen LogP contribution in [-0.2, 0) is 6.42 Å². The summed E-state index contributed by atoms with van der Waals surface area (Å²) in [6, 6.07) is 9.18. The quantitative estimate of drug-likeness (QED) is 0.798. The molecule has 0 saturated heterocycles. The first-order chi connectivity index (χ1) is 12.7. The molecule has 1 atom stereocenters. The van der Waals surface area contributed by atoms with E-state index in [1.807, 2.05) is 32.8 Å². The Morgan fingerprint density at radius 3 is 2.63 bits per heavy atom. The lowest BCUT2D eigenvalue weighted by Gasteiger charge is -2.37. The van der Waals surface area contributed by atoms with E-state index in [4.69, 9.17) is 0 Å². The summed E-state index contributed by atoms with van der Waals surface area (Å²) < 4.78 is 0. The Morgan fingerprint density at radius 2 is 2.07 bits per heavy atom. The van der Waals surface area contributed by atoms with Gasteiger partial charge in [0.1, 0.15) is 5.54 Å². The Labute approximate surface area is 164 Å². The predicted molar refractivity (Wildman–Crippen MR) is 112 cm³/mol. The van der Waals surface area contributed by atoms with Crippen LogP contribution in [0.2, 0.25) is 0 Å². The van der Waals surface area contributed by atoms with E-state index in [2.05, 4.69) is 73.3 Å². The fourth-order valence-corrected chi connectivity index (χ4v) is 3.45. The van der Waals surface area contributed by atoms with Gasteiger partial charge in [-0.3, -0.25) is 0 Å². The van der Waals surface area contributed by atoms with Gasteiger partial charge in [0, 0.05) is 33.0 Å². The van der Waals surface area contributed by atoms with Crippen LogP contribution in [0.1, 0.15) is 43.5 Å². The average Bonchev–Trinajstić information content (AvgIpc) is 2.96. The molecule has 146 valence electrons. The Kier molecular flexibility index (Phi) is 6.22. The Balaban J connectivity index is 2.29. The summed E-state index contributed by atoms with van der Waals surface area (Å²) in [5, 5.41) is 17.2. The van der Waals surface area contributed by atoms with Crippen LogP contribution in [0.3, 0.4) is 0 Å². The highest BCUT2D eigenvalue weighted by atomic mass is 15.6. The Morgan fingerprint density at radius 1 is 1.41 bits per heavy atom. The molecule has 5 heteroatoms. The topological polar surface area (TPSA) is 45.5 Å². The van der Waals surface area contributed by atoms with E-state index < -0.39 is 5.54 Å². The van der Waals surface area contributed by atoms with Gasteiger partial charge in [-0.05, 0) is 38.3 Å². The molecule has 0 spiro atoms. The van der Waals surface area contributed by atoms with Gasteiger partial charge in [-0.15, -0.1) is 0 Å². The average molecular weight is 368 g/mol. The van der Waals surface area contributed by atoms with E-state index in [1.165, 1.54) is 16.7 Å². The molecule has 0 saturated carbocycles. The van der Waals surface area contributed by atoms with Crippen molar-refractivity contribution < 1.29 is 0 Å². The summed E-state index contributed by atoms with van der Waals surface area (Å²) in [6.45, 7) is 13.0. The minimum Gasteiger partial charge on any atom is -0.389 e. The monoisotopic (exact) mass is 367 g/mol. The van der Waals surface area contributed by atoms with Crippen molar-refractivity contribution in [2.24, 2.45) is 0 Å². The van der Waals surface area contributed by atoms with Gasteiger partial charge in [0.2, 0.25) is 0 Å². The number of hydrogen-bond acceptors (Lipinski definition) is 5. The molecule has 0 fully saturated rings. The molecule has 1 aromatic carbocycles. The number of benzene rings is 1. The molecule has 1 aromatic rings. The third kappa shape index (κ3) is 4.12. The van der Waals surface area contributed by atoms with E-state index in [0.29, 0.717) is 6.54 Å². The van der Waals surface area contributed by atoms with E-state index in [9.17, 15) is 5.26 Å². The molecule has 0 radical (unpaired) electrons. The van der Waals surface area contributed by atoms with Gasteiger partial charge in [0.25, 0.3) is 0 Å². The van der Waals surface area contributed by atoms with Crippen molar-refractivity contribution in [2.75, 3.05) is 27.7 Å². The summed E-state index contributed by atoms with van der Waals surface area (Å²) in [7, 11) is 6.00. The summed E-state index contributed by atoms with van der Waals surface area (Å²) in [4.78, 5) is 1.95. The molecule has 1 unspecified atom stereocenters. The smallest absolute Gasteiger partial charge is 0.121 e. The minimum atomic E-state index is -0.587. The van der Waals surface area contributed by atoms with Gasteiger partial charge in [-0.2, -0.15) is 5.26 Å². The van der Waals surface area contributed by atoms with Crippen LogP contribution in [0.15, 0.2) is 42.4 Å². The lowest BCUT2D eigenvalue weighted by molar-refractivity contribution is 0.0439. The second-order valence-electron chi connectivity index (χ2n) is 7.76. The SMILES string of the molecule is C=C(CN1C=C(NC)C(c2cc(C)ccc2CC)N1C)N(C)C(C)(C)C#N. The zero-order valence-corrected chi connectivity index (χ0v) is 17.8. The third-order valence-corrected chi connectivity index (χ3v) is 5.56. The number of likely N-dealkylation sites (N-methyl/N-ethyl adjacent to an activating group) is 3. The van der Waals surface area contributed by atoms with Crippen LogP contribution >= 0.6 is 0 Å². The van der Waals surface area contributed by atoms with Crippen molar-refractivity contribution in [1.29, 1.82) is 5.26 Å². The predicted octanol–water partition coefficient (Wildman–Crippen LogP) is 3.57. The summed E-state index contributed by atoms with van der Waals surface area (Å²) in [5.74, 6) is 0. The fraction of sp³-hybridized carbons (Fsp3) is 0.500. The summed E-state index contributed by atoms with van der Waals surface area (Å²) >= 11 is 0. The van der Waals surface area contributed by atoms with Crippen LogP contribution in [-0.4, -0.2) is 48.1 Å². The molecule has 5 nitrogen and oxygen atoms in total. The van der Waals surface area contributed by atoms with Crippen LogP contribution in [0, 0.1) is 18.3 Å². The molecule has 1 heterocycles. The van der Waals surface area contributed by atoms with Crippen molar-refractivity contribution in [3.05, 3.63) is 59.1 Å². The van der Waals surface area contributed by atoms with Gasteiger partial charge in [-0.25, -0.2) is 5.01 Å². The van der Waals surface area contributed by atoms with Gasteiger partial charge >= 0.3 is 0 Å². The minimum absolute atomic E-state index is 0.145. The molecule has 1 N–H and O–H groups in total. The van der Waals surface area contributed by atoms with Crippen molar-refractivity contribution in [3.63, 3.8) is 0 Å². The van der Waals surface area contributed by atoms with Crippen LogP contribution in [0.5, 0.6) is 0 Å². The Bertz CT molecular complexity index is 771. The third-order valence-electron chi connectivity index (χ3n) is 5.56. The molecule has 1 aliphatic heterocycles. The number of nitriles is 1. The normalized spacial score (nSPS) is 17.5. The first kappa shape index (κ1) is 20.9. The molecule has 27 heavy (non-hydrogen) atoms. The van der Waals surface area contributed by atoms with Crippen molar-refractivity contribution >= 4 is 0 Å². The zero-order valence-electron chi connectivity index (χ0n) is 17.8. The number of nitrogens with zero attached hydrogens (tertiary/aromatic N) is 4. The number of nitrogens with one attached hydrogen (secondary N) is 1. The molecular weight excluding hydrogens is 334 g/mol. The first-order valence-corrected chi connectivity index (χ1v) is 9.47. The molecular formula is C22H33N5. The number of hydrazine groups is 1. The highest BCUT2D eigenvalue weighted by Gasteiger charge is 2.34. The molecule has 1 aliphatic rings. The molecule has 2 rings (SSSR count). The van der Waals surface area contributed by atoms with E-state index in [0.717, 1.165) is 17.8 Å². The van der Waals surface area contributed by atoms with Gasteiger partial charge in [-0.1, -0.05) is 37.3 Å². The zero-order chi connectivity index (χ0) is 20.4. The second-order valence-corrected chi connectivity index (χ2v) is 7.76. The molecule has 0 aromatic heterocycles. The number of aryl methyl sites for hydroxylation is 2. The maximum absolute atomic E-state index is 9.40. The maximum atomic E-state index is 9.40. The van der Waals surface area contributed by atoms with Crippen LogP contribution in [0.4, 0.5) is 0 Å². The Hall–Kier alpha value is -2.45. The van der Waals surface area contributed by atoms with Crippen molar-refractivity contribution in [2.45, 2.75) is 45.7 Å². The van der Waals surface area contributed by atoms with Gasteiger partial charge in [0.05, 0.1) is 24.4 Å². The maximum Gasteiger partial charge on any atom is 0.121 e. The van der Waals surface area contributed by atoms with Gasteiger partial charge in [0.15, 0.2) is 0 Å². The van der Waals surface area contributed by atoms with Crippen LogP contribution in [0.25, 0.3) is 0 Å². The first-order valence-electron chi connectivity index (χ1n) is 9.47. The highest BCUT2D eigenvalue weighted by molar-refractivity contribution is 5.39. The summed E-state index contributed by atoms with van der Waals surface area (Å²) in [5.41, 5.74) is 5.44. The lowest BCUT2D eigenvalue weighted by Crippen LogP contribution is -2.43. The van der Waals surface area contributed by atoms with E-state index in [-0.39, 0.29) is 6.04 Å². The highest BCUT2D eigenvalue weighted by Crippen LogP contribution is 2.36. The number of rotatable bonds is 7. The summed E-state index contributed by atoms with van der Waals surface area (Å²) in [6.07, 6.45) is 3.15. The standard InChI is InChI=1S/C22H33N5/c1-9-18-11-10-16(2)12-19(18)21-20(24-6)14-27(26(21)8)13-17(3)25(7)22(4,5)15-23/h10-12,14,21,24H,3,9,13H2,1-2,4-8H3. The van der Waals surface area contributed by atoms with E-state index >= 15 is 0 Å². The van der Waals surface area contributed by atoms with Crippen LogP contribution < -0.4 is 5.32 Å². The van der Waals surface area contributed by atoms with E-state index in [1.54, 1.807) is 0 Å². The fourth-order valence-electron chi connectivity index (χ4n) is 3.45. The molecule has 0 aliphatic carbocycles. The van der Waals surface area contributed by atoms with Crippen molar-refractivity contribution in [3.8, 4) is 6.07 Å². The largest absolute Gasteiger partial charge is 0.389 e.